The molecule has 38 heavy (non-hydrogen) atoms. The second kappa shape index (κ2) is 9.59. The zero-order valence-electron chi connectivity index (χ0n) is 19.9. The van der Waals surface area contributed by atoms with E-state index < -0.39 is 50.9 Å². The van der Waals surface area contributed by atoms with Gasteiger partial charge in [-0.15, -0.1) is 0 Å². The molecule has 3 amide bonds. The molecule has 2 fully saturated rings. The summed E-state index contributed by atoms with van der Waals surface area (Å²) < 4.78 is 103. The molecule has 1 aliphatic carbocycles. The Balaban J connectivity index is 1.44. The first-order valence-electron chi connectivity index (χ1n) is 11.6. The third-order valence-corrected chi connectivity index (χ3v) is 8.26. The van der Waals surface area contributed by atoms with Crippen LogP contribution in [0, 0.1) is 0 Å². The van der Waals surface area contributed by atoms with Gasteiger partial charge in [0.1, 0.15) is 5.54 Å². The highest BCUT2D eigenvalue weighted by Crippen LogP contribution is 2.40. The summed E-state index contributed by atoms with van der Waals surface area (Å²) in [6.07, 6.45) is -0.00895. The first-order valence-corrected chi connectivity index (χ1v) is 13.0. The van der Waals surface area contributed by atoms with Gasteiger partial charge in [-0.25, -0.2) is 13.2 Å². The molecule has 15 heteroatoms. The Morgan fingerprint density at radius 1 is 1.11 bits per heavy atom. The average Bonchev–Trinajstić information content (AvgIpc) is 3.09. The molecule has 0 aromatic heterocycles. The minimum atomic E-state index is -5.72. The first-order chi connectivity index (χ1) is 17.5. The maximum atomic E-state index is 13.1. The monoisotopic (exact) mass is 566 g/mol. The highest BCUT2D eigenvalue weighted by Gasteiger charge is 2.57. The fraction of sp³-hybridized carbons (Fsp3) is 0.478. The Morgan fingerprint density at radius 2 is 1.71 bits per heavy atom. The maximum Gasteiger partial charge on any atom is 0.511 e. The number of fused-ring (bicyclic) bond motifs is 1. The van der Waals surface area contributed by atoms with Crippen LogP contribution in [-0.4, -0.2) is 66.4 Å². The summed E-state index contributed by atoms with van der Waals surface area (Å²) in [4.78, 5) is 28.5. The minimum Gasteiger partial charge on any atom is -0.342 e. The molecular weight excluding hydrogens is 542 g/mol. The predicted molar refractivity (Wildman–Crippen MR) is 123 cm³/mol. The van der Waals surface area contributed by atoms with Crippen LogP contribution in [0.2, 0.25) is 0 Å². The topological polar surface area (TPSA) is 98.8 Å². The normalized spacial score (nSPS) is 24.8. The lowest BCUT2D eigenvalue weighted by Gasteiger charge is -2.46. The van der Waals surface area contributed by atoms with E-state index in [2.05, 4.69) is 5.32 Å². The summed E-state index contributed by atoms with van der Waals surface area (Å²) >= 11 is 0. The van der Waals surface area contributed by atoms with E-state index in [1.165, 1.54) is 47.1 Å². The lowest BCUT2D eigenvalue weighted by Crippen LogP contribution is -2.63. The molecule has 8 nitrogen and oxygen atoms in total. The van der Waals surface area contributed by atoms with Crippen LogP contribution in [0.1, 0.15) is 30.9 Å². The Kier molecular flexibility index (Phi) is 7.06. The quantitative estimate of drug-likeness (QED) is 0.535. The number of benzene rings is 1. The SMILES string of the molecule is CC12C(=CC=CC1NS(=O)(=O)C(F)(F)F)NC(=O)N2C1CCN(C(=O)Cc2ccc(C(F)(F)F)cc2)CC1. The standard InChI is InChI=1S/C23H24F6N4O4S/c1-21-17(3-2-4-18(21)31-38(36,37)23(27,28)29)30-20(35)33(21)16-9-11-32(12-10-16)19(34)13-14-5-7-15(8-6-14)22(24,25)26/h2-8,16,18,31H,9-13H2,1H3,(H,30,35). The van der Waals surface area contributed by atoms with Gasteiger partial charge in [0.15, 0.2) is 0 Å². The number of rotatable bonds is 5. The number of likely N-dealkylation sites (tertiary alicyclic amines) is 1. The molecule has 208 valence electrons. The minimum absolute atomic E-state index is 0.121. The zero-order valence-corrected chi connectivity index (χ0v) is 20.8. The van der Waals surface area contributed by atoms with Gasteiger partial charge in [0.2, 0.25) is 5.91 Å². The van der Waals surface area contributed by atoms with E-state index in [9.17, 15) is 44.3 Å². The predicted octanol–water partition coefficient (Wildman–Crippen LogP) is 3.28. The van der Waals surface area contributed by atoms with Crippen LogP contribution in [0.25, 0.3) is 0 Å². The Bertz CT molecular complexity index is 1270. The highest BCUT2D eigenvalue weighted by molar-refractivity contribution is 7.90. The number of hydrogen-bond donors (Lipinski definition) is 2. The molecule has 2 unspecified atom stereocenters. The Hall–Kier alpha value is -3.07. The summed E-state index contributed by atoms with van der Waals surface area (Å²) in [5, 5.41) is 2.60. The van der Waals surface area contributed by atoms with Crippen LogP contribution in [0.5, 0.6) is 0 Å². The van der Waals surface area contributed by atoms with E-state index in [4.69, 9.17) is 0 Å². The van der Waals surface area contributed by atoms with Crippen molar-refractivity contribution in [3.05, 3.63) is 59.3 Å². The van der Waals surface area contributed by atoms with E-state index in [1.807, 2.05) is 0 Å². The van der Waals surface area contributed by atoms with Crippen molar-refractivity contribution in [2.45, 2.75) is 55.5 Å². The van der Waals surface area contributed by atoms with Crippen LogP contribution in [-0.2, 0) is 27.4 Å². The molecule has 0 saturated carbocycles. The second-order valence-corrected chi connectivity index (χ2v) is 11.1. The molecule has 2 heterocycles. The average molecular weight is 567 g/mol. The number of carbonyl (C=O) groups excluding carboxylic acids is 2. The number of nitrogens with zero attached hydrogens (tertiary/aromatic N) is 2. The smallest absolute Gasteiger partial charge is 0.342 e. The van der Waals surface area contributed by atoms with Gasteiger partial charge in [-0.05, 0) is 43.5 Å². The number of urea groups is 1. The Morgan fingerprint density at radius 3 is 2.26 bits per heavy atom. The molecule has 1 aromatic carbocycles. The van der Waals surface area contributed by atoms with Crippen molar-refractivity contribution >= 4 is 22.0 Å². The van der Waals surface area contributed by atoms with Gasteiger partial charge < -0.3 is 15.1 Å². The Labute approximate surface area is 214 Å². The lowest BCUT2D eigenvalue weighted by molar-refractivity contribution is -0.137. The molecule has 4 rings (SSSR count). The number of nitrogens with one attached hydrogen (secondary N) is 2. The van der Waals surface area contributed by atoms with Crippen LogP contribution in [0.3, 0.4) is 0 Å². The van der Waals surface area contributed by atoms with Gasteiger partial charge in [-0.2, -0.15) is 31.1 Å². The zero-order chi connectivity index (χ0) is 28.1. The van der Waals surface area contributed by atoms with E-state index >= 15 is 0 Å². The largest absolute Gasteiger partial charge is 0.511 e. The number of sulfonamides is 1. The number of alkyl halides is 6. The lowest BCUT2D eigenvalue weighted by atomic mass is 9.83. The molecule has 2 saturated heterocycles. The number of halogens is 6. The van der Waals surface area contributed by atoms with Gasteiger partial charge >= 0.3 is 27.7 Å². The second-order valence-electron chi connectivity index (χ2n) is 9.44. The molecule has 0 spiro atoms. The summed E-state index contributed by atoms with van der Waals surface area (Å²) in [7, 11) is -5.72. The summed E-state index contributed by atoms with van der Waals surface area (Å²) in [6, 6.07) is 1.72. The highest BCUT2D eigenvalue weighted by atomic mass is 32.2. The van der Waals surface area contributed by atoms with E-state index in [-0.39, 0.29) is 44.0 Å². The van der Waals surface area contributed by atoms with Crippen LogP contribution >= 0.6 is 0 Å². The number of allylic oxidation sites excluding steroid dienone is 2. The van der Waals surface area contributed by atoms with Crippen molar-refractivity contribution in [1.82, 2.24) is 19.8 Å². The molecule has 2 aliphatic heterocycles. The molecule has 0 radical (unpaired) electrons. The van der Waals surface area contributed by atoms with Crippen molar-refractivity contribution in [3.63, 3.8) is 0 Å². The van der Waals surface area contributed by atoms with E-state index in [0.29, 0.717) is 5.56 Å². The van der Waals surface area contributed by atoms with Crippen molar-refractivity contribution in [2.24, 2.45) is 0 Å². The summed E-state index contributed by atoms with van der Waals surface area (Å²) in [6.45, 7) is 1.85. The number of carbonyl (C=O) groups is 2. The number of piperidine rings is 1. The molecule has 3 aliphatic rings. The van der Waals surface area contributed by atoms with Crippen molar-refractivity contribution in [3.8, 4) is 0 Å². The van der Waals surface area contributed by atoms with Crippen LogP contribution in [0.15, 0.2) is 48.2 Å². The molecule has 2 atom stereocenters. The van der Waals surface area contributed by atoms with Gasteiger partial charge in [-0.1, -0.05) is 24.3 Å². The third-order valence-electron chi connectivity index (χ3n) is 7.08. The van der Waals surface area contributed by atoms with Gasteiger partial charge in [0, 0.05) is 24.8 Å². The van der Waals surface area contributed by atoms with Crippen molar-refractivity contribution < 1.29 is 44.3 Å². The van der Waals surface area contributed by atoms with Crippen molar-refractivity contribution in [2.75, 3.05) is 13.1 Å². The molecule has 2 N–H and O–H groups in total. The number of hydrogen-bond acceptors (Lipinski definition) is 4. The molecule has 1 aromatic rings. The summed E-state index contributed by atoms with van der Waals surface area (Å²) in [5.41, 5.74) is -7.20. The van der Waals surface area contributed by atoms with E-state index in [1.54, 1.807) is 4.72 Å². The summed E-state index contributed by atoms with van der Waals surface area (Å²) in [5.74, 6) is -0.322. The fourth-order valence-corrected chi connectivity index (χ4v) is 5.80. The first kappa shape index (κ1) is 28.0. The van der Waals surface area contributed by atoms with Gasteiger partial charge in [0.05, 0.1) is 18.0 Å². The third kappa shape index (κ3) is 5.13. The molecule has 0 bridgehead atoms. The van der Waals surface area contributed by atoms with Crippen LogP contribution in [0.4, 0.5) is 31.1 Å². The van der Waals surface area contributed by atoms with Gasteiger partial charge in [-0.3, -0.25) is 4.79 Å². The van der Waals surface area contributed by atoms with Crippen molar-refractivity contribution in [1.29, 1.82) is 0 Å². The number of amides is 3. The van der Waals surface area contributed by atoms with Crippen LogP contribution < -0.4 is 10.0 Å². The molecular formula is C23H24F6N4O4S. The van der Waals surface area contributed by atoms with Gasteiger partial charge in [0.25, 0.3) is 0 Å². The van der Waals surface area contributed by atoms with E-state index in [0.717, 1.165) is 12.1 Å². The fourth-order valence-electron chi connectivity index (χ4n) is 5.03. The maximum absolute atomic E-state index is 13.1.